The van der Waals surface area contributed by atoms with Gasteiger partial charge in [0.2, 0.25) is 5.91 Å². The van der Waals surface area contributed by atoms with Crippen molar-refractivity contribution in [1.82, 2.24) is 5.32 Å². The summed E-state index contributed by atoms with van der Waals surface area (Å²) in [6.07, 6.45) is 1.47. The molecule has 1 aromatic heterocycles. The molecule has 0 bridgehead atoms. The Labute approximate surface area is 100 Å². The molecular weight excluding hydrogens is 232 g/mol. The van der Waals surface area contributed by atoms with E-state index >= 15 is 0 Å². The van der Waals surface area contributed by atoms with Crippen molar-refractivity contribution in [2.24, 2.45) is 5.73 Å². The van der Waals surface area contributed by atoms with E-state index in [4.69, 9.17) is 5.73 Å². The minimum atomic E-state index is 0. The van der Waals surface area contributed by atoms with Gasteiger partial charge in [-0.15, -0.1) is 23.7 Å². The van der Waals surface area contributed by atoms with E-state index in [1.54, 1.807) is 11.3 Å². The molecule has 1 amide bonds. The number of hydrogen-bond donors (Lipinski definition) is 2. The van der Waals surface area contributed by atoms with E-state index in [1.807, 2.05) is 0 Å². The maximum absolute atomic E-state index is 11.1. The fraction of sp³-hybridized carbons (Fsp3) is 0.500. The van der Waals surface area contributed by atoms with Gasteiger partial charge in [-0.3, -0.25) is 4.79 Å². The van der Waals surface area contributed by atoms with Crippen LogP contribution in [0.2, 0.25) is 0 Å². The van der Waals surface area contributed by atoms with E-state index in [0.717, 1.165) is 6.42 Å². The lowest BCUT2D eigenvalue weighted by Crippen LogP contribution is -2.24. The fourth-order valence-electron chi connectivity index (χ4n) is 1.11. The maximum Gasteiger partial charge on any atom is 0.221 e. The van der Waals surface area contributed by atoms with Crippen molar-refractivity contribution in [1.29, 1.82) is 0 Å². The summed E-state index contributed by atoms with van der Waals surface area (Å²) in [5.74, 6) is 0.0268. The van der Waals surface area contributed by atoms with Crippen molar-refractivity contribution < 1.29 is 4.79 Å². The van der Waals surface area contributed by atoms with Crippen LogP contribution in [0.1, 0.15) is 23.1 Å². The Hall–Kier alpha value is -0.580. The van der Waals surface area contributed by atoms with Gasteiger partial charge in [0.25, 0.3) is 0 Å². The van der Waals surface area contributed by atoms with Crippen LogP contribution in [0, 0.1) is 0 Å². The van der Waals surface area contributed by atoms with Gasteiger partial charge in [0.05, 0.1) is 6.54 Å². The van der Waals surface area contributed by atoms with Gasteiger partial charge in [0.1, 0.15) is 0 Å². The van der Waals surface area contributed by atoms with Crippen LogP contribution in [0.4, 0.5) is 0 Å². The Bertz CT molecular complexity index is 301. The molecular formula is C10H17ClN2OS. The predicted octanol–water partition coefficient (Wildman–Crippen LogP) is 1.70. The van der Waals surface area contributed by atoms with Crippen LogP contribution in [0.15, 0.2) is 12.1 Å². The van der Waals surface area contributed by atoms with Crippen LogP contribution in [0.5, 0.6) is 0 Å². The number of rotatable bonds is 5. The average Bonchev–Trinajstić information content (AvgIpc) is 2.63. The number of hydrogen-bond acceptors (Lipinski definition) is 3. The molecule has 0 saturated carbocycles. The molecule has 1 heterocycles. The third-order valence-electron chi connectivity index (χ3n) is 1.90. The van der Waals surface area contributed by atoms with Gasteiger partial charge >= 0.3 is 0 Å². The third kappa shape index (κ3) is 5.16. The van der Waals surface area contributed by atoms with Gasteiger partial charge in [0.15, 0.2) is 0 Å². The smallest absolute Gasteiger partial charge is 0.221 e. The first-order chi connectivity index (χ1) is 6.76. The maximum atomic E-state index is 11.1. The standard InChI is InChI=1S/C10H16N2OS.ClH/c1-2-8-3-4-9(14-8)7-12-10(13)5-6-11;/h3-4H,2,5-7,11H2,1H3,(H,12,13);1H. The highest BCUT2D eigenvalue weighted by Gasteiger charge is 2.01. The van der Waals surface area contributed by atoms with Crippen LogP contribution < -0.4 is 11.1 Å². The molecule has 1 aromatic rings. The van der Waals surface area contributed by atoms with Crippen molar-refractivity contribution in [3.8, 4) is 0 Å². The van der Waals surface area contributed by atoms with Crippen molar-refractivity contribution in [2.45, 2.75) is 26.3 Å². The van der Waals surface area contributed by atoms with Gasteiger partial charge in [-0.2, -0.15) is 0 Å². The second kappa shape index (κ2) is 7.68. The predicted molar refractivity (Wildman–Crippen MR) is 66.5 cm³/mol. The first kappa shape index (κ1) is 14.4. The molecule has 15 heavy (non-hydrogen) atoms. The van der Waals surface area contributed by atoms with Crippen LogP contribution in [0.25, 0.3) is 0 Å². The monoisotopic (exact) mass is 248 g/mol. The summed E-state index contributed by atoms with van der Waals surface area (Å²) in [5, 5.41) is 2.83. The summed E-state index contributed by atoms with van der Waals surface area (Å²) in [6.45, 7) is 3.17. The molecule has 0 radical (unpaired) electrons. The largest absolute Gasteiger partial charge is 0.351 e. The van der Waals surface area contributed by atoms with E-state index in [1.165, 1.54) is 9.75 Å². The lowest BCUT2D eigenvalue weighted by atomic mass is 10.3. The molecule has 86 valence electrons. The minimum absolute atomic E-state index is 0. The zero-order chi connectivity index (χ0) is 10.4. The second-order valence-electron chi connectivity index (χ2n) is 3.04. The molecule has 0 aromatic carbocycles. The minimum Gasteiger partial charge on any atom is -0.351 e. The number of thiophene rings is 1. The fourth-order valence-corrected chi connectivity index (χ4v) is 2.01. The lowest BCUT2D eigenvalue weighted by Gasteiger charge is -2.01. The average molecular weight is 249 g/mol. The summed E-state index contributed by atoms with van der Waals surface area (Å²) in [7, 11) is 0. The second-order valence-corrected chi connectivity index (χ2v) is 4.29. The highest BCUT2D eigenvalue weighted by atomic mass is 35.5. The zero-order valence-corrected chi connectivity index (χ0v) is 10.4. The van der Waals surface area contributed by atoms with E-state index in [9.17, 15) is 4.79 Å². The van der Waals surface area contributed by atoms with Gasteiger partial charge < -0.3 is 11.1 Å². The normalized spacial score (nSPS) is 9.47. The number of nitrogens with one attached hydrogen (secondary N) is 1. The quantitative estimate of drug-likeness (QED) is 0.833. The first-order valence-electron chi connectivity index (χ1n) is 4.80. The summed E-state index contributed by atoms with van der Waals surface area (Å²) in [5.41, 5.74) is 5.27. The van der Waals surface area contributed by atoms with E-state index in [0.29, 0.717) is 19.5 Å². The van der Waals surface area contributed by atoms with Crippen LogP contribution >= 0.6 is 23.7 Å². The van der Waals surface area contributed by atoms with Gasteiger partial charge in [-0.25, -0.2) is 0 Å². The summed E-state index contributed by atoms with van der Waals surface area (Å²) >= 11 is 1.75. The SMILES string of the molecule is CCc1ccc(CNC(=O)CCN)s1.Cl. The molecule has 0 fully saturated rings. The van der Waals surface area contributed by atoms with Gasteiger partial charge in [-0.1, -0.05) is 6.92 Å². The van der Waals surface area contributed by atoms with E-state index < -0.39 is 0 Å². The number of aryl methyl sites for hydroxylation is 1. The highest BCUT2D eigenvalue weighted by Crippen LogP contribution is 2.16. The molecule has 0 aliphatic carbocycles. The topological polar surface area (TPSA) is 55.1 Å². The van der Waals surface area contributed by atoms with Crippen molar-refractivity contribution in [3.63, 3.8) is 0 Å². The molecule has 0 spiro atoms. The van der Waals surface area contributed by atoms with E-state index in [2.05, 4.69) is 24.4 Å². The Morgan fingerprint density at radius 1 is 1.47 bits per heavy atom. The third-order valence-corrected chi connectivity index (χ3v) is 3.13. The van der Waals surface area contributed by atoms with Gasteiger partial charge in [-0.05, 0) is 18.6 Å². The molecule has 0 aliphatic heterocycles. The summed E-state index contributed by atoms with van der Waals surface area (Å²) < 4.78 is 0. The Morgan fingerprint density at radius 2 is 2.13 bits per heavy atom. The van der Waals surface area contributed by atoms with Crippen molar-refractivity contribution in [3.05, 3.63) is 21.9 Å². The zero-order valence-electron chi connectivity index (χ0n) is 8.79. The highest BCUT2D eigenvalue weighted by molar-refractivity contribution is 7.11. The van der Waals surface area contributed by atoms with Crippen LogP contribution in [-0.2, 0) is 17.8 Å². The first-order valence-corrected chi connectivity index (χ1v) is 5.62. The van der Waals surface area contributed by atoms with Gasteiger partial charge in [0, 0.05) is 22.7 Å². The molecule has 3 nitrogen and oxygen atoms in total. The van der Waals surface area contributed by atoms with Crippen molar-refractivity contribution in [2.75, 3.05) is 6.54 Å². The number of carbonyl (C=O) groups excluding carboxylic acids is 1. The van der Waals surface area contributed by atoms with Crippen LogP contribution in [0.3, 0.4) is 0 Å². The number of halogens is 1. The Kier molecular flexibility index (Phi) is 7.38. The van der Waals surface area contributed by atoms with Crippen molar-refractivity contribution >= 4 is 29.7 Å². The molecule has 3 N–H and O–H groups in total. The summed E-state index contributed by atoms with van der Waals surface area (Å²) in [6, 6.07) is 4.17. The lowest BCUT2D eigenvalue weighted by molar-refractivity contribution is -0.121. The molecule has 0 aliphatic rings. The molecule has 0 saturated heterocycles. The molecule has 5 heteroatoms. The molecule has 0 unspecified atom stereocenters. The van der Waals surface area contributed by atoms with Crippen LogP contribution in [-0.4, -0.2) is 12.5 Å². The molecule has 0 atom stereocenters. The Balaban J connectivity index is 0.00000196. The number of carbonyl (C=O) groups is 1. The summed E-state index contributed by atoms with van der Waals surface area (Å²) in [4.78, 5) is 13.7. The Morgan fingerprint density at radius 3 is 2.67 bits per heavy atom. The number of amides is 1. The van der Waals surface area contributed by atoms with E-state index in [-0.39, 0.29) is 18.3 Å². The molecule has 1 rings (SSSR count). The number of nitrogens with two attached hydrogens (primary N) is 1.